The second kappa shape index (κ2) is 8.57. The summed E-state index contributed by atoms with van der Waals surface area (Å²) in [7, 11) is 0. The minimum absolute atomic E-state index is 0.258. The summed E-state index contributed by atoms with van der Waals surface area (Å²) >= 11 is 7.25. The summed E-state index contributed by atoms with van der Waals surface area (Å²) in [4.78, 5) is 19.2. The van der Waals surface area contributed by atoms with E-state index >= 15 is 0 Å². The summed E-state index contributed by atoms with van der Waals surface area (Å²) in [6, 6.07) is 10.4. The van der Waals surface area contributed by atoms with E-state index in [1.54, 1.807) is 24.3 Å². The zero-order chi connectivity index (χ0) is 20.4. The minimum atomic E-state index is -0.312. The second-order valence-electron chi connectivity index (χ2n) is 6.72. The number of hydrogen-bond donors (Lipinski definition) is 1. The van der Waals surface area contributed by atoms with Crippen LogP contribution in [0.1, 0.15) is 11.1 Å². The molecule has 29 heavy (non-hydrogen) atoms. The molecule has 0 unspecified atom stereocenters. The highest BCUT2D eigenvalue weighted by molar-refractivity contribution is 8.18. The fourth-order valence-electron chi connectivity index (χ4n) is 3.12. The maximum atomic E-state index is 14.6. The summed E-state index contributed by atoms with van der Waals surface area (Å²) in [5, 5.41) is 3.79. The van der Waals surface area contributed by atoms with Crippen LogP contribution in [0.5, 0.6) is 0 Å². The van der Waals surface area contributed by atoms with E-state index in [4.69, 9.17) is 16.3 Å². The molecule has 2 saturated heterocycles. The Morgan fingerprint density at radius 3 is 2.79 bits per heavy atom. The third-order valence-corrected chi connectivity index (χ3v) is 5.81. The third-order valence-electron chi connectivity index (χ3n) is 4.67. The standard InChI is InChI=1S/C21H19ClFN3O2S/c1-13-2-4-15(22)12-17(13)24-21-25-20(27)19(29-21)11-14-3-5-18(16(23)10-14)26-6-8-28-9-7-26/h2-5,10-12H,6-9H2,1H3,(H,24,25,27)/b19-11-. The van der Waals surface area contributed by atoms with Crippen molar-refractivity contribution < 1.29 is 13.9 Å². The molecule has 2 aliphatic heterocycles. The van der Waals surface area contributed by atoms with Crippen molar-refractivity contribution in [1.29, 1.82) is 0 Å². The summed E-state index contributed by atoms with van der Waals surface area (Å²) in [6.07, 6.45) is 1.67. The molecule has 0 atom stereocenters. The molecule has 2 aromatic rings. The van der Waals surface area contributed by atoms with E-state index in [-0.39, 0.29) is 11.7 Å². The molecule has 0 spiro atoms. The van der Waals surface area contributed by atoms with Crippen LogP contribution in [0.25, 0.3) is 6.08 Å². The van der Waals surface area contributed by atoms with Gasteiger partial charge in [0.15, 0.2) is 5.17 Å². The van der Waals surface area contributed by atoms with E-state index in [9.17, 15) is 9.18 Å². The van der Waals surface area contributed by atoms with Gasteiger partial charge in [-0.2, -0.15) is 0 Å². The minimum Gasteiger partial charge on any atom is -0.378 e. The highest BCUT2D eigenvalue weighted by Gasteiger charge is 2.24. The molecular weight excluding hydrogens is 413 g/mol. The molecule has 5 nitrogen and oxygen atoms in total. The fourth-order valence-corrected chi connectivity index (χ4v) is 4.12. The number of rotatable bonds is 3. The van der Waals surface area contributed by atoms with Crippen LogP contribution < -0.4 is 10.2 Å². The first-order chi connectivity index (χ1) is 14.0. The topological polar surface area (TPSA) is 53.9 Å². The maximum absolute atomic E-state index is 14.6. The predicted molar refractivity (Wildman–Crippen MR) is 116 cm³/mol. The Labute approximate surface area is 177 Å². The van der Waals surface area contributed by atoms with Crippen molar-refractivity contribution in [1.82, 2.24) is 5.32 Å². The first-order valence-electron chi connectivity index (χ1n) is 9.17. The van der Waals surface area contributed by atoms with E-state index in [2.05, 4.69) is 10.3 Å². The Bertz CT molecular complexity index is 1020. The fraction of sp³-hybridized carbons (Fsp3) is 0.238. The van der Waals surface area contributed by atoms with Gasteiger partial charge in [0.1, 0.15) is 5.82 Å². The molecule has 4 rings (SSSR count). The Balaban J connectivity index is 1.54. The monoisotopic (exact) mass is 431 g/mol. The average Bonchev–Trinajstić information content (AvgIpc) is 3.04. The van der Waals surface area contributed by atoms with Gasteiger partial charge in [-0.3, -0.25) is 4.79 Å². The van der Waals surface area contributed by atoms with E-state index in [1.807, 2.05) is 24.0 Å². The van der Waals surface area contributed by atoms with Gasteiger partial charge in [0, 0.05) is 18.1 Å². The van der Waals surface area contributed by atoms with Crippen LogP contribution >= 0.6 is 23.4 Å². The van der Waals surface area contributed by atoms with Crippen LogP contribution in [0, 0.1) is 12.7 Å². The molecule has 2 fully saturated rings. The van der Waals surface area contributed by atoms with Gasteiger partial charge in [-0.25, -0.2) is 9.38 Å². The van der Waals surface area contributed by atoms with Crippen LogP contribution in [0.2, 0.25) is 5.02 Å². The molecule has 2 aromatic carbocycles. The number of nitrogens with one attached hydrogen (secondary N) is 1. The van der Waals surface area contributed by atoms with Crippen LogP contribution in [-0.4, -0.2) is 37.4 Å². The van der Waals surface area contributed by atoms with Crippen molar-refractivity contribution in [2.45, 2.75) is 6.92 Å². The lowest BCUT2D eigenvalue weighted by molar-refractivity contribution is -0.115. The zero-order valence-electron chi connectivity index (χ0n) is 15.7. The number of hydrogen-bond acceptors (Lipinski definition) is 5. The smallest absolute Gasteiger partial charge is 0.264 e. The van der Waals surface area contributed by atoms with Gasteiger partial charge in [0.05, 0.1) is 29.5 Å². The molecule has 0 bridgehead atoms. The number of benzene rings is 2. The number of ether oxygens (including phenoxy) is 1. The summed E-state index contributed by atoms with van der Waals surface area (Å²) < 4.78 is 19.9. The molecule has 2 aliphatic rings. The SMILES string of the molecule is Cc1ccc(Cl)cc1N=C1NC(=O)/C(=C/c2ccc(N3CCOCC3)c(F)c2)S1. The van der Waals surface area contributed by atoms with Gasteiger partial charge in [0.25, 0.3) is 5.91 Å². The van der Waals surface area contributed by atoms with Crippen LogP contribution in [0.4, 0.5) is 15.8 Å². The van der Waals surface area contributed by atoms with Crippen LogP contribution in [0.3, 0.4) is 0 Å². The zero-order valence-corrected chi connectivity index (χ0v) is 17.3. The van der Waals surface area contributed by atoms with Crippen molar-refractivity contribution >= 4 is 51.9 Å². The largest absolute Gasteiger partial charge is 0.378 e. The predicted octanol–water partition coefficient (Wildman–Crippen LogP) is 4.52. The van der Waals surface area contributed by atoms with Crippen molar-refractivity contribution in [3.63, 3.8) is 0 Å². The van der Waals surface area contributed by atoms with Crippen LogP contribution in [-0.2, 0) is 9.53 Å². The van der Waals surface area contributed by atoms with E-state index in [1.165, 1.54) is 17.8 Å². The van der Waals surface area contributed by atoms with Crippen molar-refractivity contribution in [2.75, 3.05) is 31.2 Å². The number of amides is 1. The summed E-state index contributed by atoms with van der Waals surface area (Å²) in [6.45, 7) is 4.44. The average molecular weight is 432 g/mol. The van der Waals surface area contributed by atoms with Gasteiger partial charge in [0.2, 0.25) is 0 Å². The summed E-state index contributed by atoms with van der Waals surface area (Å²) in [5.41, 5.74) is 2.83. The number of amidine groups is 1. The molecular formula is C21H19ClFN3O2S. The van der Waals surface area contributed by atoms with Gasteiger partial charge in [-0.05, 0) is 60.2 Å². The molecule has 0 aromatic heterocycles. The lowest BCUT2D eigenvalue weighted by Crippen LogP contribution is -2.36. The molecule has 1 N–H and O–H groups in total. The molecule has 150 valence electrons. The second-order valence-corrected chi connectivity index (χ2v) is 8.19. The van der Waals surface area contributed by atoms with Gasteiger partial charge < -0.3 is 15.0 Å². The summed E-state index contributed by atoms with van der Waals surface area (Å²) in [5.74, 6) is -0.570. The number of aliphatic imine (C=N–C) groups is 1. The number of morpholine rings is 1. The highest BCUT2D eigenvalue weighted by Crippen LogP contribution is 2.31. The molecule has 1 amide bonds. The lowest BCUT2D eigenvalue weighted by Gasteiger charge is -2.29. The number of aryl methyl sites for hydroxylation is 1. The number of carbonyl (C=O) groups excluding carboxylic acids is 1. The Kier molecular flexibility index (Phi) is 5.89. The Morgan fingerprint density at radius 1 is 1.24 bits per heavy atom. The molecule has 2 heterocycles. The Morgan fingerprint density at radius 2 is 2.03 bits per heavy atom. The van der Waals surface area contributed by atoms with Gasteiger partial charge in [-0.15, -0.1) is 0 Å². The highest BCUT2D eigenvalue weighted by atomic mass is 35.5. The number of anilines is 1. The number of carbonyl (C=O) groups is 1. The lowest BCUT2D eigenvalue weighted by atomic mass is 10.1. The number of thioether (sulfide) groups is 1. The van der Waals surface area contributed by atoms with Crippen molar-refractivity contribution in [3.8, 4) is 0 Å². The van der Waals surface area contributed by atoms with Crippen LogP contribution in [0.15, 0.2) is 46.3 Å². The van der Waals surface area contributed by atoms with E-state index in [0.717, 1.165) is 5.56 Å². The first-order valence-corrected chi connectivity index (χ1v) is 10.4. The maximum Gasteiger partial charge on any atom is 0.264 e. The first kappa shape index (κ1) is 19.9. The normalized spacial score (nSPS) is 19.8. The molecule has 8 heteroatoms. The van der Waals surface area contributed by atoms with Gasteiger partial charge in [-0.1, -0.05) is 23.7 Å². The quantitative estimate of drug-likeness (QED) is 0.726. The van der Waals surface area contributed by atoms with E-state index < -0.39 is 0 Å². The molecule has 0 radical (unpaired) electrons. The molecule has 0 aliphatic carbocycles. The van der Waals surface area contributed by atoms with Gasteiger partial charge >= 0.3 is 0 Å². The number of nitrogens with zero attached hydrogens (tertiary/aromatic N) is 2. The van der Waals surface area contributed by atoms with Crippen molar-refractivity contribution in [3.05, 3.63) is 63.3 Å². The molecule has 0 saturated carbocycles. The van der Waals surface area contributed by atoms with Crippen molar-refractivity contribution in [2.24, 2.45) is 4.99 Å². The number of halogens is 2. The third kappa shape index (κ3) is 4.63. The Hall–Kier alpha value is -2.35. The van der Waals surface area contributed by atoms with E-state index in [0.29, 0.717) is 58.3 Å².